The summed E-state index contributed by atoms with van der Waals surface area (Å²) in [6.07, 6.45) is 4.46. The maximum atomic E-state index is 2.36. The first-order valence-electron chi connectivity index (χ1n) is 4.91. The van der Waals surface area contributed by atoms with Crippen LogP contribution in [0.15, 0.2) is 18.5 Å². The summed E-state index contributed by atoms with van der Waals surface area (Å²) in [4.78, 5) is 0. The number of hydrogen-bond acceptors (Lipinski definition) is 0. The third kappa shape index (κ3) is 3.19. The van der Waals surface area contributed by atoms with Crippen LogP contribution in [0, 0.1) is 13.8 Å². The first-order valence-corrected chi connectivity index (χ1v) is 4.91. The zero-order chi connectivity index (χ0) is 10.1. The van der Waals surface area contributed by atoms with Gasteiger partial charge >= 0.3 is 7.55 Å². The van der Waals surface area contributed by atoms with Gasteiger partial charge in [0.25, 0.3) is 0 Å². The molecule has 13 heavy (non-hydrogen) atoms. The average Bonchev–Trinajstić information content (AvgIpc) is 1.94. The van der Waals surface area contributed by atoms with Gasteiger partial charge < -0.3 is 8.87 Å². The maximum Gasteiger partial charge on any atom is 0.456 e. The van der Waals surface area contributed by atoms with Crippen molar-refractivity contribution in [3.05, 3.63) is 29.6 Å². The van der Waals surface area contributed by atoms with Crippen LogP contribution >= 0.6 is 0 Å². The Kier molecular flexibility index (Phi) is 2.76. The van der Waals surface area contributed by atoms with Crippen LogP contribution in [0.25, 0.3) is 0 Å². The molecule has 2 nitrogen and oxygen atoms in total. The van der Waals surface area contributed by atoms with Gasteiger partial charge in [0, 0.05) is 32.8 Å². The molecule has 0 N–H and O–H groups in total. The lowest BCUT2D eigenvalue weighted by Crippen LogP contribution is -2.56. The van der Waals surface area contributed by atoms with Crippen LogP contribution in [-0.2, 0) is 0 Å². The van der Waals surface area contributed by atoms with E-state index in [9.17, 15) is 0 Å². The molecule has 0 aliphatic heterocycles. The van der Waals surface area contributed by atoms with Crippen molar-refractivity contribution in [2.45, 2.75) is 13.8 Å². The predicted molar refractivity (Wildman–Crippen MR) is 58.1 cm³/mol. The van der Waals surface area contributed by atoms with Crippen LogP contribution in [-0.4, -0.2) is 33.1 Å². The smallest absolute Gasteiger partial charge is 0.456 e. The Balaban J connectivity index is 2.86. The van der Waals surface area contributed by atoms with Crippen molar-refractivity contribution in [3.63, 3.8) is 0 Å². The molecule has 0 saturated carbocycles. The van der Waals surface area contributed by atoms with Gasteiger partial charge in [-0.05, 0) is 19.4 Å². The molecule has 0 radical (unpaired) electrons. The second-order valence-electron chi connectivity index (χ2n) is 5.36. The number of nitrogens with zero attached hydrogens (tertiary/aromatic N) is 2. The zero-order valence-corrected chi connectivity index (χ0v) is 9.63. The van der Waals surface area contributed by atoms with Gasteiger partial charge in [0.15, 0.2) is 0 Å². The summed E-state index contributed by atoms with van der Waals surface area (Å²) in [6.45, 7) is 4.33. The number of pyridine rings is 1. The highest BCUT2D eigenvalue weighted by Crippen LogP contribution is 2.00. The largest absolute Gasteiger partial charge is 0.465 e. The number of rotatable bonds is 2. The van der Waals surface area contributed by atoms with E-state index in [0.717, 1.165) is 4.39 Å². The van der Waals surface area contributed by atoms with Crippen molar-refractivity contribution in [2.24, 2.45) is 0 Å². The topological polar surface area (TPSA) is 3.88 Å². The van der Waals surface area contributed by atoms with Crippen molar-refractivity contribution < 1.29 is 8.87 Å². The molecule has 3 heteroatoms. The molecule has 0 unspecified atom stereocenters. The molecular weight excluding hydrogens is 159 g/mol. The summed E-state index contributed by atoms with van der Waals surface area (Å²) < 4.78 is 3.44. The molecular formula is C10H20BN2+. The minimum atomic E-state index is -0.129. The van der Waals surface area contributed by atoms with Crippen molar-refractivity contribution >= 4 is 7.55 Å². The third-order valence-corrected chi connectivity index (χ3v) is 2.41. The van der Waals surface area contributed by atoms with E-state index in [0.29, 0.717) is 0 Å². The molecule has 0 atom stereocenters. The Morgan fingerprint density at radius 1 is 1.15 bits per heavy atom. The molecule has 0 amide bonds. The van der Waals surface area contributed by atoms with E-state index in [1.54, 1.807) is 0 Å². The number of quaternary nitrogens is 1. The second kappa shape index (κ2) is 3.50. The average molecular weight is 179 g/mol. The van der Waals surface area contributed by atoms with Crippen molar-refractivity contribution in [1.29, 1.82) is 0 Å². The van der Waals surface area contributed by atoms with Crippen LogP contribution in [0.5, 0.6) is 0 Å². The van der Waals surface area contributed by atoms with Gasteiger partial charge in [-0.3, -0.25) is 0 Å². The molecule has 1 heterocycles. The van der Waals surface area contributed by atoms with E-state index in [1.165, 1.54) is 11.1 Å². The highest BCUT2D eigenvalue weighted by atomic mass is 15.3. The van der Waals surface area contributed by atoms with Crippen LogP contribution < -0.4 is 4.48 Å². The fraction of sp³-hybridized carbons (Fsp3) is 0.500. The van der Waals surface area contributed by atoms with Gasteiger partial charge in [0.05, 0.1) is 0 Å². The standard InChI is InChI=1S/C10H20BN2/c1-9-6-7-12(8-10(9)2)11-13(3,4)5/h6-8H,11H2,1-5H3/q+1. The highest BCUT2D eigenvalue weighted by molar-refractivity contribution is 6.13. The van der Waals surface area contributed by atoms with E-state index < -0.39 is 0 Å². The lowest BCUT2D eigenvalue weighted by atomic mass is 10.0. The fourth-order valence-electron chi connectivity index (χ4n) is 1.63. The van der Waals surface area contributed by atoms with Gasteiger partial charge in [0.2, 0.25) is 0 Å². The van der Waals surface area contributed by atoms with E-state index in [1.807, 2.05) is 0 Å². The van der Waals surface area contributed by atoms with Crippen LogP contribution in [0.1, 0.15) is 11.1 Å². The third-order valence-electron chi connectivity index (χ3n) is 2.41. The molecule has 0 aliphatic carbocycles. The van der Waals surface area contributed by atoms with Gasteiger partial charge in [-0.1, -0.05) is 0 Å². The molecule has 1 rings (SSSR count). The summed E-state index contributed by atoms with van der Waals surface area (Å²) in [7, 11) is 6.63. The van der Waals surface area contributed by atoms with Crippen molar-refractivity contribution in [3.8, 4) is 0 Å². The first-order chi connectivity index (χ1) is 5.88. The summed E-state index contributed by atoms with van der Waals surface area (Å²) in [6, 6.07) is 2.20. The van der Waals surface area contributed by atoms with Crippen LogP contribution in [0.2, 0.25) is 0 Å². The first kappa shape index (κ1) is 10.3. The predicted octanol–water partition coefficient (Wildman–Crippen LogP) is 0.144. The highest BCUT2D eigenvalue weighted by Gasteiger charge is 2.09. The van der Waals surface area contributed by atoms with Crippen molar-refractivity contribution in [2.75, 3.05) is 21.1 Å². The molecule has 0 spiro atoms. The van der Waals surface area contributed by atoms with Gasteiger partial charge in [0.1, 0.15) is 12.4 Å². The number of aromatic nitrogens is 1. The second-order valence-corrected chi connectivity index (χ2v) is 5.36. The van der Waals surface area contributed by atoms with E-state index in [2.05, 4.69) is 57.9 Å². The maximum absolute atomic E-state index is 2.36. The molecule has 0 fully saturated rings. The fourth-order valence-corrected chi connectivity index (χ4v) is 1.63. The molecule has 0 saturated heterocycles. The Morgan fingerprint density at radius 3 is 2.23 bits per heavy atom. The minimum Gasteiger partial charge on any atom is -0.465 e. The van der Waals surface area contributed by atoms with Crippen molar-refractivity contribution in [1.82, 2.24) is 0 Å². The van der Waals surface area contributed by atoms with Crippen LogP contribution in [0.3, 0.4) is 0 Å². The minimum absolute atomic E-state index is 0.129. The Labute approximate surface area is 81.7 Å². The summed E-state index contributed by atoms with van der Waals surface area (Å²) in [5, 5.41) is 0. The van der Waals surface area contributed by atoms with Gasteiger partial charge in [-0.15, -0.1) is 0 Å². The Bertz CT molecular complexity index is 302. The quantitative estimate of drug-likeness (QED) is 0.569. The van der Waals surface area contributed by atoms with Gasteiger partial charge in [-0.2, -0.15) is 0 Å². The number of aryl methyl sites for hydroxylation is 2. The summed E-state index contributed by atoms with van der Waals surface area (Å²) >= 11 is 0. The summed E-state index contributed by atoms with van der Waals surface area (Å²) in [5.41, 5.74) is 2.77. The SMILES string of the molecule is Cc1cc[n+]([BH2-][N+](C)(C)C)cc1C. The van der Waals surface area contributed by atoms with Gasteiger partial charge in [-0.25, -0.2) is 0 Å². The van der Waals surface area contributed by atoms with E-state index in [4.69, 9.17) is 0 Å². The lowest BCUT2D eigenvalue weighted by Gasteiger charge is -2.28. The summed E-state index contributed by atoms with van der Waals surface area (Å²) in [5.74, 6) is 0. The molecule has 0 aromatic carbocycles. The van der Waals surface area contributed by atoms with E-state index in [-0.39, 0.29) is 7.55 Å². The molecule has 0 aliphatic rings. The van der Waals surface area contributed by atoms with Crippen LogP contribution in [0.4, 0.5) is 0 Å². The Hall–Kier alpha value is -0.825. The molecule has 1 aromatic heterocycles. The molecule has 72 valence electrons. The zero-order valence-electron chi connectivity index (χ0n) is 9.63. The molecule has 1 aromatic rings. The molecule has 0 bridgehead atoms. The lowest BCUT2D eigenvalue weighted by molar-refractivity contribution is -0.807. The van der Waals surface area contributed by atoms with E-state index >= 15 is 0 Å². The normalized spacial score (nSPS) is 11.8. The monoisotopic (exact) mass is 179 g/mol. The Morgan fingerprint density at radius 2 is 1.77 bits per heavy atom. The number of hydrogen-bond donors (Lipinski definition) is 0.